The zero-order valence-electron chi connectivity index (χ0n) is 12.3. The fourth-order valence-corrected chi connectivity index (χ4v) is 1.90. The van der Waals surface area contributed by atoms with E-state index in [1.165, 1.54) is 7.11 Å². The molecule has 1 aromatic carbocycles. The average Bonchev–Trinajstić information content (AvgIpc) is 2.47. The van der Waals surface area contributed by atoms with E-state index < -0.39 is 5.91 Å². The molecule has 0 aliphatic carbocycles. The Morgan fingerprint density at radius 3 is 2.48 bits per heavy atom. The monoisotopic (exact) mass is 286 g/mol. The first kappa shape index (κ1) is 14.6. The maximum atomic E-state index is 11.7. The van der Waals surface area contributed by atoms with E-state index in [2.05, 4.69) is 10.3 Å². The first-order valence-corrected chi connectivity index (χ1v) is 6.41. The van der Waals surface area contributed by atoms with Crippen molar-refractivity contribution in [3.8, 4) is 5.88 Å². The van der Waals surface area contributed by atoms with Crippen molar-refractivity contribution in [2.24, 2.45) is 5.73 Å². The van der Waals surface area contributed by atoms with Gasteiger partial charge >= 0.3 is 0 Å². The predicted molar refractivity (Wildman–Crippen MR) is 83.4 cm³/mol. The van der Waals surface area contributed by atoms with Crippen LogP contribution in [0.5, 0.6) is 5.88 Å². The van der Waals surface area contributed by atoms with Crippen molar-refractivity contribution in [2.75, 3.05) is 31.4 Å². The van der Waals surface area contributed by atoms with E-state index in [1.807, 2.05) is 49.3 Å². The van der Waals surface area contributed by atoms with Gasteiger partial charge in [-0.05, 0) is 12.1 Å². The molecular formula is C15H18N4O2. The van der Waals surface area contributed by atoms with E-state index in [9.17, 15) is 4.79 Å². The third-order valence-electron chi connectivity index (χ3n) is 2.92. The van der Waals surface area contributed by atoms with Crippen LogP contribution in [0.4, 0.5) is 17.2 Å². The smallest absolute Gasteiger partial charge is 0.256 e. The van der Waals surface area contributed by atoms with Gasteiger partial charge in [-0.1, -0.05) is 18.2 Å². The summed E-state index contributed by atoms with van der Waals surface area (Å²) in [5, 5.41) is 3.18. The number of hydrogen-bond donors (Lipinski definition) is 2. The molecule has 0 unspecified atom stereocenters. The van der Waals surface area contributed by atoms with E-state index >= 15 is 0 Å². The fraction of sp³-hybridized carbons (Fsp3) is 0.200. The molecule has 0 saturated carbocycles. The molecule has 0 atom stereocenters. The van der Waals surface area contributed by atoms with Gasteiger partial charge in [0.25, 0.3) is 5.91 Å². The average molecular weight is 286 g/mol. The van der Waals surface area contributed by atoms with Crippen LogP contribution in [0.15, 0.2) is 36.4 Å². The molecule has 6 heteroatoms. The number of methoxy groups -OCH3 is 1. The van der Waals surface area contributed by atoms with Gasteiger partial charge < -0.3 is 20.7 Å². The number of carbonyl (C=O) groups excluding carboxylic acids is 1. The van der Waals surface area contributed by atoms with Gasteiger partial charge in [0.1, 0.15) is 11.4 Å². The van der Waals surface area contributed by atoms with Gasteiger partial charge in [0.15, 0.2) is 0 Å². The molecule has 3 N–H and O–H groups in total. The van der Waals surface area contributed by atoms with Gasteiger partial charge in [-0.3, -0.25) is 4.79 Å². The molecule has 0 spiro atoms. The highest BCUT2D eigenvalue weighted by molar-refractivity contribution is 6.02. The molecule has 0 radical (unpaired) electrons. The number of anilines is 3. The summed E-state index contributed by atoms with van der Waals surface area (Å²) < 4.78 is 5.20. The standard InChI is InChI=1S/C15H18N4O2/c1-19(2)12-9-11(17-10-7-5-4-6-8-10)13(14(16)20)15(18-12)21-3/h4-9H,1-3H3,(H2,16,20)(H,17,18). The van der Waals surface area contributed by atoms with Crippen LogP contribution in [-0.2, 0) is 0 Å². The van der Waals surface area contributed by atoms with E-state index in [-0.39, 0.29) is 11.4 Å². The molecule has 6 nitrogen and oxygen atoms in total. The minimum atomic E-state index is -0.594. The summed E-state index contributed by atoms with van der Waals surface area (Å²) in [7, 11) is 5.18. The minimum absolute atomic E-state index is 0.201. The number of amides is 1. The molecule has 1 heterocycles. The molecule has 0 aliphatic heterocycles. The van der Waals surface area contributed by atoms with Crippen molar-refractivity contribution in [3.05, 3.63) is 42.0 Å². The molecule has 1 amide bonds. The Balaban J connectivity index is 2.55. The second-order valence-corrected chi connectivity index (χ2v) is 4.66. The Hall–Kier alpha value is -2.76. The first-order valence-electron chi connectivity index (χ1n) is 6.41. The van der Waals surface area contributed by atoms with Gasteiger partial charge in [-0.2, -0.15) is 4.98 Å². The molecule has 1 aromatic heterocycles. The minimum Gasteiger partial charge on any atom is -0.480 e. The maximum absolute atomic E-state index is 11.7. The van der Waals surface area contributed by atoms with E-state index in [0.29, 0.717) is 11.5 Å². The predicted octanol–water partition coefficient (Wildman–Crippen LogP) is 2.00. The van der Waals surface area contributed by atoms with Crippen molar-refractivity contribution < 1.29 is 9.53 Å². The number of ether oxygens (including phenoxy) is 1. The summed E-state index contributed by atoms with van der Waals surface area (Å²) >= 11 is 0. The Morgan fingerprint density at radius 2 is 1.95 bits per heavy atom. The quantitative estimate of drug-likeness (QED) is 0.878. The third-order valence-corrected chi connectivity index (χ3v) is 2.92. The highest BCUT2D eigenvalue weighted by Gasteiger charge is 2.19. The second kappa shape index (κ2) is 6.13. The Morgan fingerprint density at radius 1 is 1.29 bits per heavy atom. The largest absolute Gasteiger partial charge is 0.480 e. The number of nitrogens with two attached hydrogens (primary N) is 1. The Labute approximate surface area is 123 Å². The van der Waals surface area contributed by atoms with Crippen LogP contribution < -0.4 is 20.7 Å². The number of para-hydroxylation sites is 1. The summed E-state index contributed by atoms with van der Waals surface area (Å²) in [4.78, 5) is 17.8. The zero-order valence-corrected chi connectivity index (χ0v) is 12.3. The van der Waals surface area contributed by atoms with Gasteiger partial charge in [0.2, 0.25) is 5.88 Å². The van der Waals surface area contributed by atoms with Crippen molar-refractivity contribution in [1.82, 2.24) is 4.98 Å². The molecule has 110 valence electrons. The van der Waals surface area contributed by atoms with Crippen LogP contribution in [0.25, 0.3) is 0 Å². The van der Waals surface area contributed by atoms with Gasteiger partial charge in [0.05, 0.1) is 12.8 Å². The number of aromatic nitrogens is 1. The molecule has 2 aromatic rings. The summed E-state index contributed by atoms with van der Waals surface area (Å²) in [6.07, 6.45) is 0. The van der Waals surface area contributed by atoms with E-state index in [0.717, 1.165) is 5.69 Å². The molecule has 0 saturated heterocycles. The fourth-order valence-electron chi connectivity index (χ4n) is 1.90. The number of nitrogens with one attached hydrogen (secondary N) is 1. The van der Waals surface area contributed by atoms with Crippen LogP contribution in [0.2, 0.25) is 0 Å². The molecule has 0 aliphatic rings. The zero-order chi connectivity index (χ0) is 15.4. The molecule has 0 fully saturated rings. The lowest BCUT2D eigenvalue weighted by molar-refractivity contribution is 0.0997. The number of carbonyl (C=O) groups is 1. The topological polar surface area (TPSA) is 80.5 Å². The number of benzene rings is 1. The van der Waals surface area contributed by atoms with Gasteiger partial charge in [-0.25, -0.2) is 0 Å². The number of hydrogen-bond acceptors (Lipinski definition) is 5. The summed E-state index contributed by atoms with van der Waals surface area (Å²) in [5.41, 5.74) is 7.09. The summed E-state index contributed by atoms with van der Waals surface area (Å²) in [6.45, 7) is 0. The van der Waals surface area contributed by atoms with Gasteiger partial charge in [-0.15, -0.1) is 0 Å². The van der Waals surface area contributed by atoms with Crippen molar-refractivity contribution in [1.29, 1.82) is 0 Å². The Kier molecular flexibility index (Phi) is 4.27. The summed E-state index contributed by atoms with van der Waals surface area (Å²) in [5.74, 6) is 0.269. The second-order valence-electron chi connectivity index (χ2n) is 4.66. The third kappa shape index (κ3) is 3.22. The van der Waals surface area contributed by atoms with Crippen molar-refractivity contribution in [3.63, 3.8) is 0 Å². The van der Waals surface area contributed by atoms with Crippen molar-refractivity contribution >= 4 is 23.1 Å². The molecule has 21 heavy (non-hydrogen) atoms. The van der Waals surface area contributed by atoms with Crippen LogP contribution in [0, 0.1) is 0 Å². The van der Waals surface area contributed by atoms with E-state index in [4.69, 9.17) is 10.5 Å². The summed E-state index contributed by atoms with van der Waals surface area (Å²) in [6, 6.07) is 11.3. The lowest BCUT2D eigenvalue weighted by Crippen LogP contribution is -2.18. The maximum Gasteiger partial charge on any atom is 0.256 e. The highest BCUT2D eigenvalue weighted by Crippen LogP contribution is 2.30. The van der Waals surface area contributed by atoms with Crippen molar-refractivity contribution in [2.45, 2.75) is 0 Å². The van der Waals surface area contributed by atoms with Gasteiger partial charge in [0, 0.05) is 25.8 Å². The van der Waals surface area contributed by atoms with E-state index in [1.54, 1.807) is 6.07 Å². The van der Waals surface area contributed by atoms with Crippen LogP contribution in [0.1, 0.15) is 10.4 Å². The highest BCUT2D eigenvalue weighted by atomic mass is 16.5. The van der Waals surface area contributed by atoms with Crippen LogP contribution in [0.3, 0.4) is 0 Å². The first-order chi connectivity index (χ1) is 10.0. The lowest BCUT2D eigenvalue weighted by atomic mass is 10.2. The molecular weight excluding hydrogens is 268 g/mol. The number of rotatable bonds is 5. The molecule has 2 rings (SSSR count). The SMILES string of the molecule is COc1nc(N(C)C)cc(Nc2ccccc2)c1C(N)=O. The Bertz CT molecular complexity index is 642. The van der Waals surface area contributed by atoms with Crippen LogP contribution >= 0.6 is 0 Å². The van der Waals surface area contributed by atoms with Crippen LogP contribution in [-0.4, -0.2) is 32.1 Å². The lowest BCUT2D eigenvalue weighted by Gasteiger charge is -2.18. The number of pyridine rings is 1. The normalized spacial score (nSPS) is 10.0. The number of nitrogens with zero attached hydrogens (tertiary/aromatic N) is 2. The number of primary amides is 1. The molecule has 0 bridgehead atoms.